The summed E-state index contributed by atoms with van der Waals surface area (Å²) in [6, 6.07) is 5.86. The molecule has 1 aromatic carbocycles. The Bertz CT molecular complexity index is 429. The summed E-state index contributed by atoms with van der Waals surface area (Å²) >= 11 is 5.15. The summed E-state index contributed by atoms with van der Waals surface area (Å²) in [6.45, 7) is 0. The minimum Gasteiger partial charge on any atom is -0.379 e. The molecule has 1 amide bonds. The third-order valence-corrected chi connectivity index (χ3v) is 2.93. The predicted molar refractivity (Wildman–Crippen MR) is 64.2 cm³/mol. The molecule has 1 aromatic rings. The molecule has 4 heteroatoms. The number of thiocarbonyl (C=S) groups is 1. The number of hydrogen-bond donors (Lipinski definition) is 2. The van der Waals surface area contributed by atoms with E-state index in [0.717, 1.165) is 28.2 Å². The minimum absolute atomic E-state index is 0.0893. The zero-order valence-electron chi connectivity index (χ0n) is 8.46. The molecule has 3 nitrogen and oxygen atoms in total. The fraction of sp³-hybridized carbons (Fsp3) is 0.273. The molecule has 0 atom stereocenters. The molecule has 0 bridgehead atoms. The van der Waals surface area contributed by atoms with E-state index in [1.165, 1.54) is 0 Å². The number of carbonyl (C=O) groups is 1. The van der Waals surface area contributed by atoms with Crippen molar-refractivity contribution in [2.45, 2.75) is 12.8 Å². The first kappa shape index (κ1) is 10.1. The second-order valence-corrected chi connectivity index (χ2v) is 3.91. The Labute approximate surface area is 93.9 Å². The SMILES string of the molecule is CNC(=S)c1ccc2c(c1)CCC(=O)N2. The van der Waals surface area contributed by atoms with E-state index in [4.69, 9.17) is 12.2 Å². The lowest BCUT2D eigenvalue weighted by Gasteiger charge is -2.17. The molecule has 2 N–H and O–H groups in total. The third kappa shape index (κ3) is 1.99. The van der Waals surface area contributed by atoms with Crippen molar-refractivity contribution in [3.05, 3.63) is 29.3 Å². The Morgan fingerprint density at radius 1 is 1.47 bits per heavy atom. The van der Waals surface area contributed by atoms with Gasteiger partial charge >= 0.3 is 0 Å². The molecule has 0 spiro atoms. The average Bonchev–Trinajstić information content (AvgIpc) is 2.27. The molecule has 0 aliphatic carbocycles. The number of rotatable bonds is 1. The van der Waals surface area contributed by atoms with Gasteiger partial charge in [-0.05, 0) is 30.2 Å². The molecule has 15 heavy (non-hydrogen) atoms. The van der Waals surface area contributed by atoms with Crippen LogP contribution >= 0.6 is 12.2 Å². The molecule has 1 aliphatic rings. The van der Waals surface area contributed by atoms with Crippen LogP contribution in [0.5, 0.6) is 0 Å². The molecular weight excluding hydrogens is 208 g/mol. The van der Waals surface area contributed by atoms with Crippen LogP contribution in [-0.2, 0) is 11.2 Å². The normalized spacial score (nSPS) is 14.1. The van der Waals surface area contributed by atoms with Crippen molar-refractivity contribution in [3.8, 4) is 0 Å². The third-order valence-electron chi connectivity index (χ3n) is 2.49. The van der Waals surface area contributed by atoms with E-state index in [2.05, 4.69) is 10.6 Å². The van der Waals surface area contributed by atoms with Crippen LogP contribution in [0.3, 0.4) is 0 Å². The maximum absolute atomic E-state index is 11.2. The van der Waals surface area contributed by atoms with Crippen molar-refractivity contribution >= 4 is 28.8 Å². The van der Waals surface area contributed by atoms with Crippen LogP contribution in [-0.4, -0.2) is 17.9 Å². The summed E-state index contributed by atoms with van der Waals surface area (Å²) < 4.78 is 0. The number of nitrogens with one attached hydrogen (secondary N) is 2. The lowest BCUT2D eigenvalue weighted by Crippen LogP contribution is -2.21. The van der Waals surface area contributed by atoms with Gasteiger partial charge in [0.15, 0.2) is 0 Å². The van der Waals surface area contributed by atoms with Crippen molar-refractivity contribution in [3.63, 3.8) is 0 Å². The number of carbonyl (C=O) groups excluding carboxylic acids is 1. The van der Waals surface area contributed by atoms with Crippen LogP contribution < -0.4 is 10.6 Å². The molecule has 0 aromatic heterocycles. The number of hydrogen-bond acceptors (Lipinski definition) is 2. The van der Waals surface area contributed by atoms with Gasteiger partial charge in [-0.25, -0.2) is 0 Å². The zero-order chi connectivity index (χ0) is 10.8. The number of benzene rings is 1. The Hall–Kier alpha value is -1.42. The van der Waals surface area contributed by atoms with E-state index >= 15 is 0 Å². The molecule has 0 unspecified atom stereocenters. The van der Waals surface area contributed by atoms with Crippen molar-refractivity contribution in [1.82, 2.24) is 5.32 Å². The van der Waals surface area contributed by atoms with Gasteiger partial charge in [0.2, 0.25) is 5.91 Å². The molecule has 1 aliphatic heterocycles. The molecule has 78 valence electrons. The quantitative estimate of drug-likeness (QED) is 0.704. The second-order valence-electron chi connectivity index (χ2n) is 3.50. The van der Waals surface area contributed by atoms with Crippen LogP contribution in [0.2, 0.25) is 0 Å². The maximum atomic E-state index is 11.2. The topological polar surface area (TPSA) is 41.1 Å². The monoisotopic (exact) mass is 220 g/mol. The summed E-state index contributed by atoms with van der Waals surface area (Å²) in [5.41, 5.74) is 3.07. The summed E-state index contributed by atoms with van der Waals surface area (Å²) in [7, 11) is 1.81. The largest absolute Gasteiger partial charge is 0.379 e. The summed E-state index contributed by atoms with van der Waals surface area (Å²) in [6.07, 6.45) is 1.35. The van der Waals surface area contributed by atoms with Gasteiger partial charge in [0.05, 0.1) is 0 Å². The van der Waals surface area contributed by atoms with E-state index in [1.54, 1.807) is 0 Å². The Morgan fingerprint density at radius 2 is 2.27 bits per heavy atom. The lowest BCUT2D eigenvalue weighted by molar-refractivity contribution is -0.116. The Kier molecular flexibility index (Phi) is 2.68. The fourth-order valence-corrected chi connectivity index (χ4v) is 1.80. The predicted octanol–water partition coefficient (Wildman–Crippen LogP) is 1.47. The standard InChI is InChI=1S/C11H12N2OS/c1-12-11(15)8-2-4-9-7(6-8)3-5-10(14)13-9/h2,4,6H,3,5H2,1H3,(H,12,15)(H,13,14). The summed E-state index contributed by atoms with van der Waals surface area (Å²) in [5.74, 6) is 0.0893. The highest BCUT2D eigenvalue weighted by Gasteiger charge is 2.15. The average molecular weight is 220 g/mol. The number of fused-ring (bicyclic) bond motifs is 1. The second kappa shape index (κ2) is 3.98. The van der Waals surface area contributed by atoms with Gasteiger partial charge in [0.25, 0.3) is 0 Å². The number of anilines is 1. The molecule has 0 fully saturated rings. The van der Waals surface area contributed by atoms with Crippen molar-refractivity contribution in [1.29, 1.82) is 0 Å². The minimum atomic E-state index is 0.0893. The van der Waals surface area contributed by atoms with Crippen LogP contribution in [0.15, 0.2) is 18.2 Å². The first-order valence-corrected chi connectivity index (χ1v) is 5.26. The maximum Gasteiger partial charge on any atom is 0.224 e. The summed E-state index contributed by atoms with van der Waals surface area (Å²) in [4.78, 5) is 11.9. The van der Waals surface area contributed by atoms with Crippen LogP contribution in [0.1, 0.15) is 17.5 Å². The highest BCUT2D eigenvalue weighted by molar-refractivity contribution is 7.80. The van der Waals surface area contributed by atoms with Gasteiger partial charge in [-0.2, -0.15) is 0 Å². The van der Waals surface area contributed by atoms with Crippen molar-refractivity contribution < 1.29 is 4.79 Å². The van der Waals surface area contributed by atoms with Crippen LogP contribution in [0.4, 0.5) is 5.69 Å². The van der Waals surface area contributed by atoms with Gasteiger partial charge in [0.1, 0.15) is 4.99 Å². The molecule has 2 rings (SSSR count). The van der Waals surface area contributed by atoms with Crippen molar-refractivity contribution in [2.24, 2.45) is 0 Å². The van der Waals surface area contributed by atoms with E-state index < -0.39 is 0 Å². The van der Waals surface area contributed by atoms with Crippen LogP contribution in [0, 0.1) is 0 Å². The number of aryl methyl sites for hydroxylation is 1. The first-order chi connectivity index (χ1) is 7.20. The number of amides is 1. The van der Waals surface area contributed by atoms with Gasteiger partial charge in [-0.1, -0.05) is 12.2 Å². The van der Waals surface area contributed by atoms with Crippen LogP contribution in [0.25, 0.3) is 0 Å². The molecule has 0 saturated carbocycles. The van der Waals surface area contributed by atoms with E-state index in [0.29, 0.717) is 6.42 Å². The van der Waals surface area contributed by atoms with E-state index in [9.17, 15) is 4.79 Å². The summed E-state index contributed by atoms with van der Waals surface area (Å²) in [5, 5.41) is 5.78. The van der Waals surface area contributed by atoms with E-state index in [-0.39, 0.29) is 5.91 Å². The van der Waals surface area contributed by atoms with Crippen molar-refractivity contribution in [2.75, 3.05) is 12.4 Å². The van der Waals surface area contributed by atoms with Gasteiger partial charge in [-0.15, -0.1) is 0 Å². The molecular formula is C11H12N2OS. The van der Waals surface area contributed by atoms with Gasteiger partial charge in [0, 0.05) is 24.7 Å². The highest BCUT2D eigenvalue weighted by Crippen LogP contribution is 2.23. The Morgan fingerprint density at radius 3 is 3.00 bits per heavy atom. The first-order valence-electron chi connectivity index (χ1n) is 4.85. The molecule has 0 radical (unpaired) electrons. The van der Waals surface area contributed by atoms with Gasteiger partial charge < -0.3 is 10.6 Å². The molecule has 0 saturated heterocycles. The smallest absolute Gasteiger partial charge is 0.224 e. The highest BCUT2D eigenvalue weighted by atomic mass is 32.1. The Balaban J connectivity index is 2.34. The van der Waals surface area contributed by atoms with Gasteiger partial charge in [-0.3, -0.25) is 4.79 Å². The molecule has 1 heterocycles. The van der Waals surface area contributed by atoms with E-state index in [1.807, 2.05) is 25.2 Å². The fourth-order valence-electron chi connectivity index (χ4n) is 1.67. The zero-order valence-corrected chi connectivity index (χ0v) is 9.28. The lowest BCUT2D eigenvalue weighted by atomic mass is 10.0.